The fourth-order valence-corrected chi connectivity index (χ4v) is 4.40. The standard InChI is InChI=1S/C25H38N2O3/c1-18(14-20-12-8-9-13-21(20)17-26)15-23(28)22(16-19-10-6-5-7-11-19)27-24(29)30-25(2,3)4/h8-9,12-13,18-19,22-23,28H,5-7,10-11,14-16H2,1-4H3,(H,27,29)/t18-,22+,23+/m1/s1. The van der Waals surface area contributed by atoms with E-state index in [9.17, 15) is 15.2 Å². The molecule has 3 atom stereocenters. The van der Waals surface area contributed by atoms with E-state index in [2.05, 4.69) is 18.3 Å². The van der Waals surface area contributed by atoms with Crippen LogP contribution in [0.25, 0.3) is 0 Å². The maximum atomic E-state index is 12.4. The van der Waals surface area contributed by atoms with Crippen molar-refractivity contribution in [2.45, 2.75) is 96.8 Å². The van der Waals surface area contributed by atoms with Gasteiger partial charge in [-0.3, -0.25) is 0 Å². The zero-order valence-corrected chi connectivity index (χ0v) is 19.0. The number of ether oxygens (including phenoxy) is 1. The van der Waals surface area contributed by atoms with Gasteiger partial charge in [0.2, 0.25) is 0 Å². The summed E-state index contributed by atoms with van der Waals surface area (Å²) >= 11 is 0. The summed E-state index contributed by atoms with van der Waals surface area (Å²) in [4.78, 5) is 12.4. The number of hydrogen-bond acceptors (Lipinski definition) is 4. The molecule has 1 aromatic rings. The van der Waals surface area contributed by atoms with Gasteiger partial charge in [0.15, 0.2) is 0 Å². The van der Waals surface area contributed by atoms with Crippen molar-refractivity contribution in [3.8, 4) is 6.07 Å². The van der Waals surface area contributed by atoms with Gasteiger partial charge in [0.05, 0.1) is 23.8 Å². The lowest BCUT2D eigenvalue weighted by molar-refractivity contribution is 0.0357. The summed E-state index contributed by atoms with van der Waals surface area (Å²) in [6.07, 6.45) is 6.99. The molecular weight excluding hydrogens is 376 g/mol. The molecule has 0 heterocycles. The van der Waals surface area contributed by atoms with Gasteiger partial charge in [-0.25, -0.2) is 4.79 Å². The van der Waals surface area contributed by atoms with E-state index in [1.165, 1.54) is 19.3 Å². The second kappa shape index (κ2) is 11.4. The molecule has 0 unspecified atom stereocenters. The normalized spacial score (nSPS) is 18.1. The Morgan fingerprint density at radius 2 is 1.93 bits per heavy atom. The molecule has 1 fully saturated rings. The van der Waals surface area contributed by atoms with Gasteiger partial charge < -0.3 is 15.2 Å². The second-order valence-electron chi connectivity index (χ2n) is 9.87. The smallest absolute Gasteiger partial charge is 0.407 e. The first-order valence-electron chi connectivity index (χ1n) is 11.3. The number of hydrogen-bond donors (Lipinski definition) is 2. The number of nitrogens with one attached hydrogen (secondary N) is 1. The third-order valence-corrected chi connectivity index (χ3v) is 5.83. The zero-order chi connectivity index (χ0) is 22.1. The fourth-order valence-electron chi connectivity index (χ4n) is 4.40. The predicted octanol–water partition coefficient (Wildman–Crippen LogP) is 5.35. The Balaban J connectivity index is 2.01. The number of aliphatic hydroxyl groups excluding tert-OH is 1. The summed E-state index contributed by atoms with van der Waals surface area (Å²) in [5.41, 5.74) is 1.12. The molecule has 1 aromatic carbocycles. The minimum Gasteiger partial charge on any atom is -0.444 e. The third-order valence-electron chi connectivity index (χ3n) is 5.83. The number of nitrogens with zero attached hydrogens (tertiary/aromatic N) is 1. The van der Waals surface area contributed by atoms with Crippen LogP contribution in [0.5, 0.6) is 0 Å². The zero-order valence-electron chi connectivity index (χ0n) is 19.0. The van der Waals surface area contributed by atoms with E-state index in [0.29, 0.717) is 17.9 Å². The van der Waals surface area contributed by atoms with Crippen molar-refractivity contribution < 1.29 is 14.6 Å². The molecule has 166 valence electrons. The average Bonchev–Trinajstić information content (AvgIpc) is 2.67. The molecule has 1 amide bonds. The minimum absolute atomic E-state index is 0.184. The molecule has 2 rings (SSSR count). The molecule has 1 aliphatic rings. The number of benzene rings is 1. The van der Waals surface area contributed by atoms with E-state index >= 15 is 0 Å². The van der Waals surface area contributed by atoms with Gasteiger partial charge in [0.1, 0.15) is 5.60 Å². The van der Waals surface area contributed by atoms with Crippen LogP contribution in [-0.2, 0) is 11.2 Å². The van der Waals surface area contributed by atoms with E-state index in [-0.39, 0.29) is 12.0 Å². The Morgan fingerprint density at radius 1 is 1.27 bits per heavy atom. The molecule has 0 aliphatic heterocycles. The molecular formula is C25H38N2O3. The van der Waals surface area contributed by atoms with Crippen molar-refractivity contribution in [1.29, 1.82) is 5.26 Å². The summed E-state index contributed by atoms with van der Waals surface area (Å²) in [6.45, 7) is 7.61. The second-order valence-corrected chi connectivity index (χ2v) is 9.87. The molecule has 1 saturated carbocycles. The van der Waals surface area contributed by atoms with E-state index in [0.717, 1.165) is 31.2 Å². The van der Waals surface area contributed by atoms with E-state index in [4.69, 9.17) is 4.74 Å². The molecule has 1 aliphatic carbocycles. The van der Waals surface area contributed by atoms with Crippen molar-refractivity contribution in [2.75, 3.05) is 0 Å². The molecule has 0 aromatic heterocycles. The quantitative estimate of drug-likeness (QED) is 0.600. The molecule has 0 radical (unpaired) electrons. The van der Waals surface area contributed by atoms with Crippen LogP contribution in [-0.4, -0.2) is 28.9 Å². The van der Waals surface area contributed by atoms with Crippen LogP contribution >= 0.6 is 0 Å². The number of carbonyl (C=O) groups excluding carboxylic acids is 1. The van der Waals surface area contributed by atoms with E-state index < -0.39 is 17.8 Å². The highest BCUT2D eigenvalue weighted by Gasteiger charge is 2.29. The Kier molecular flexibility index (Phi) is 9.17. The highest BCUT2D eigenvalue weighted by molar-refractivity contribution is 5.68. The molecule has 0 spiro atoms. The maximum absolute atomic E-state index is 12.4. The van der Waals surface area contributed by atoms with Gasteiger partial charge in [-0.2, -0.15) is 5.26 Å². The Hall–Kier alpha value is -2.06. The van der Waals surface area contributed by atoms with Crippen LogP contribution in [0.2, 0.25) is 0 Å². The number of alkyl carbamates (subject to hydrolysis) is 1. The Morgan fingerprint density at radius 3 is 2.57 bits per heavy atom. The van der Waals surface area contributed by atoms with Crippen molar-refractivity contribution in [3.05, 3.63) is 35.4 Å². The van der Waals surface area contributed by atoms with Crippen LogP contribution in [0.15, 0.2) is 24.3 Å². The highest BCUT2D eigenvalue weighted by Crippen LogP contribution is 2.29. The summed E-state index contributed by atoms with van der Waals surface area (Å²) in [5.74, 6) is 0.715. The third kappa shape index (κ3) is 8.36. The predicted molar refractivity (Wildman–Crippen MR) is 119 cm³/mol. The first-order chi connectivity index (χ1) is 14.2. The Bertz CT molecular complexity index is 714. The SMILES string of the molecule is C[C@H](Cc1ccccc1C#N)C[C@H](O)[C@H](CC1CCCCC1)NC(=O)OC(C)(C)C. The number of amides is 1. The fraction of sp³-hybridized carbons (Fsp3) is 0.680. The lowest BCUT2D eigenvalue weighted by Gasteiger charge is -2.32. The maximum Gasteiger partial charge on any atom is 0.407 e. The molecule has 5 nitrogen and oxygen atoms in total. The first-order valence-corrected chi connectivity index (χ1v) is 11.3. The molecule has 5 heteroatoms. The molecule has 30 heavy (non-hydrogen) atoms. The topological polar surface area (TPSA) is 82.4 Å². The number of nitriles is 1. The molecule has 0 bridgehead atoms. The van der Waals surface area contributed by atoms with Gasteiger partial charge in [-0.15, -0.1) is 0 Å². The van der Waals surface area contributed by atoms with Crippen molar-refractivity contribution >= 4 is 6.09 Å². The molecule has 0 saturated heterocycles. The number of rotatable bonds is 8. The highest BCUT2D eigenvalue weighted by atomic mass is 16.6. The number of aliphatic hydroxyl groups is 1. The van der Waals surface area contributed by atoms with Crippen LogP contribution in [0.4, 0.5) is 4.79 Å². The summed E-state index contributed by atoms with van der Waals surface area (Å²) in [7, 11) is 0. The van der Waals surface area contributed by atoms with E-state index in [1.807, 2.05) is 45.0 Å². The largest absolute Gasteiger partial charge is 0.444 e. The number of carbonyl (C=O) groups is 1. The van der Waals surface area contributed by atoms with E-state index in [1.54, 1.807) is 0 Å². The van der Waals surface area contributed by atoms with Gasteiger partial charge in [0, 0.05) is 0 Å². The van der Waals surface area contributed by atoms with Crippen LogP contribution < -0.4 is 5.32 Å². The lowest BCUT2D eigenvalue weighted by Crippen LogP contribution is -2.47. The van der Waals surface area contributed by atoms with Gasteiger partial charge in [-0.1, -0.05) is 57.2 Å². The monoisotopic (exact) mass is 414 g/mol. The van der Waals surface area contributed by atoms with Crippen LogP contribution in [0.1, 0.15) is 83.8 Å². The average molecular weight is 415 g/mol. The lowest BCUT2D eigenvalue weighted by atomic mass is 9.82. The van der Waals surface area contributed by atoms with Crippen molar-refractivity contribution in [1.82, 2.24) is 5.32 Å². The minimum atomic E-state index is -0.649. The van der Waals surface area contributed by atoms with Crippen LogP contribution in [0.3, 0.4) is 0 Å². The van der Waals surface area contributed by atoms with Gasteiger partial charge >= 0.3 is 6.09 Å². The summed E-state index contributed by atoms with van der Waals surface area (Å²) in [6, 6.07) is 9.53. The van der Waals surface area contributed by atoms with Crippen molar-refractivity contribution in [3.63, 3.8) is 0 Å². The van der Waals surface area contributed by atoms with Crippen molar-refractivity contribution in [2.24, 2.45) is 11.8 Å². The van der Waals surface area contributed by atoms with Crippen LogP contribution in [0, 0.1) is 23.2 Å². The molecule has 2 N–H and O–H groups in total. The first kappa shape index (κ1) is 24.2. The summed E-state index contributed by atoms with van der Waals surface area (Å²) in [5, 5.41) is 23.3. The summed E-state index contributed by atoms with van der Waals surface area (Å²) < 4.78 is 5.44. The Labute approximate surface area is 181 Å². The van der Waals surface area contributed by atoms with Gasteiger partial charge in [-0.05, 0) is 63.5 Å². The van der Waals surface area contributed by atoms with Gasteiger partial charge in [0.25, 0.3) is 0 Å².